The van der Waals surface area contributed by atoms with Gasteiger partial charge in [0, 0.05) is 17.1 Å². The molecule has 1 aromatic heterocycles. The van der Waals surface area contributed by atoms with Crippen molar-refractivity contribution in [2.24, 2.45) is 5.10 Å². The highest BCUT2D eigenvalue weighted by atomic mass is 32.1. The maximum atomic E-state index is 6.60. The number of hydrogen-bond donors (Lipinski definition) is 5. The number of nitrogens with zero attached hydrogens (tertiary/aromatic N) is 1. The number of hydrazone groups is 1. The van der Waals surface area contributed by atoms with Crippen molar-refractivity contribution in [3.05, 3.63) is 96.1 Å². The van der Waals surface area contributed by atoms with Crippen LogP contribution in [0, 0.1) is 6.92 Å². The van der Waals surface area contributed by atoms with Gasteiger partial charge in [0.05, 0.1) is 17.0 Å². The van der Waals surface area contributed by atoms with Crippen molar-refractivity contribution in [2.75, 3.05) is 21.7 Å². The number of hydrogen-bond acceptors (Lipinski definition) is 6. The van der Waals surface area contributed by atoms with E-state index >= 15 is 0 Å². The fourth-order valence-corrected chi connectivity index (χ4v) is 4.55. The maximum Gasteiger partial charge on any atom is 0.191 e. The van der Waals surface area contributed by atoms with Crippen LogP contribution in [0.15, 0.2) is 90.0 Å². The lowest BCUT2D eigenvalue weighted by Gasteiger charge is -2.10. The van der Waals surface area contributed by atoms with Crippen LogP contribution in [0.2, 0.25) is 0 Å². The van der Waals surface area contributed by atoms with Crippen molar-refractivity contribution in [3.8, 4) is 0 Å². The molecule has 0 aliphatic rings. The summed E-state index contributed by atoms with van der Waals surface area (Å²) in [5.74, 6) is 0. The molecule has 4 rings (SSSR count). The number of rotatable bonds is 7. The molecular formula is C26H26N6S2. The predicted octanol–water partition coefficient (Wildman–Crippen LogP) is 6.84. The molecule has 0 saturated carbocycles. The summed E-state index contributed by atoms with van der Waals surface area (Å²) in [6.07, 6.45) is 0. The zero-order valence-electron chi connectivity index (χ0n) is 18.9. The summed E-state index contributed by atoms with van der Waals surface area (Å²) >= 11 is 6.95. The van der Waals surface area contributed by atoms with Crippen LogP contribution < -0.4 is 27.1 Å². The summed E-state index contributed by atoms with van der Waals surface area (Å²) < 4.78 is 0. The van der Waals surface area contributed by atoms with Crippen LogP contribution in [-0.2, 0) is 0 Å². The average molecular weight is 487 g/mol. The van der Waals surface area contributed by atoms with Gasteiger partial charge in [0.2, 0.25) is 0 Å². The normalized spacial score (nSPS) is 11.1. The third-order valence-electron chi connectivity index (χ3n) is 5.00. The molecule has 8 heteroatoms. The number of nitrogen functional groups attached to an aromatic ring is 1. The topological polar surface area (TPSA) is 86.5 Å². The largest absolute Gasteiger partial charge is 0.396 e. The lowest BCUT2D eigenvalue weighted by Crippen LogP contribution is -2.25. The highest BCUT2D eigenvalue weighted by Gasteiger charge is 2.19. The fraction of sp³-hybridized carbons (Fsp3) is 0.0769. The number of benzene rings is 3. The summed E-state index contributed by atoms with van der Waals surface area (Å²) in [6.45, 7) is 3.95. The molecule has 6 N–H and O–H groups in total. The highest BCUT2D eigenvalue weighted by Crippen LogP contribution is 2.43. The Morgan fingerprint density at radius 1 is 0.794 bits per heavy atom. The molecule has 1 heterocycles. The highest BCUT2D eigenvalue weighted by molar-refractivity contribution is 7.80. The van der Waals surface area contributed by atoms with Crippen LogP contribution in [0.5, 0.6) is 0 Å². The average Bonchev–Trinajstić information content (AvgIpc) is 3.14. The first-order valence-corrected chi connectivity index (χ1v) is 12.0. The van der Waals surface area contributed by atoms with Crippen LogP contribution in [0.4, 0.5) is 32.8 Å². The first kappa shape index (κ1) is 23.3. The summed E-state index contributed by atoms with van der Waals surface area (Å²) in [5.41, 5.74) is 15.7. The van der Waals surface area contributed by atoms with Crippen LogP contribution in [0.3, 0.4) is 0 Å². The van der Waals surface area contributed by atoms with E-state index in [1.165, 1.54) is 16.9 Å². The van der Waals surface area contributed by atoms with Gasteiger partial charge in [-0.15, -0.1) is 0 Å². The Bertz CT molecular complexity index is 1280. The van der Waals surface area contributed by atoms with Crippen molar-refractivity contribution in [3.63, 3.8) is 0 Å². The summed E-state index contributed by atoms with van der Waals surface area (Å²) in [4.78, 5) is 0. The molecule has 6 nitrogen and oxygen atoms in total. The molecule has 4 aromatic rings. The number of thiocarbonyl (C=S) groups is 1. The van der Waals surface area contributed by atoms with Crippen LogP contribution in [0.25, 0.3) is 0 Å². The predicted molar refractivity (Wildman–Crippen MR) is 151 cm³/mol. The van der Waals surface area contributed by atoms with Gasteiger partial charge in [0.15, 0.2) is 5.11 Å². The van der Waals surface area contributed by atoms with E-state index in [-0.39, 0.29) is 0 Å². The van der Waals surface area contributed by atoms with Gasteiger partial charge in [-0.25, -0.2) is 0 Å². The lowest BCUT2D eigenvalue weighted by molar-refractivity contribution is 1.04. The van der Waals surface area contributed by atoms with Gasteiger partial charge in [-0.1, -0.05) is 65.4 Å². The van der Waals surface area contributed by atoms with Crippen LogP contribution in [-0.4, -0.2) is 10.8 Å². The molecule has 0 aliphatic heterocycles. The third kappa shape index (κ3) is 5.92. The molecule has 0 radical (unpaired) electrons. The van der Waals surface area contributed by atoms with E-state index in [0.29, 0.717) is 16.5 Å². The van der Waals surface area contributed by atoms with E-state index in [2.05, 4.69) is 26.5 Å². The Balaban J connectivity index is 1.58. The van der Waals surface area contributed by atoms with Crippen molar-refractivity contribution in [1.82, 2.24) is 5.43 Å². The number of anilines is 6. The maximum absolute atomic E-state index is 6.60. The van der Waals surface area contributed by atoms with E-state index < -0.39 is 0 Å². The van der Waals surface area contributed by atoms with E-state index in [0.717, 1.165) is 32.6 Å². The molecule has 0 aliphatic carbocycles. The minimum Gasteiger partial charge on any atom is -0.396 e. The molecule has 0 unspecified atom stereocenters. The summed E-state index contributed by atoms with van der Waals surface area (Å²) in [7, 11) is 0. The molecule has 0 fully saturated rings. The number of para-hydroxylation sites is 2. The van der Waals surface area contributed by atoms with Gasteiger partial charge in [-0.3, -0.25) is 5.43 Å². The second kappa shape index (κ2) is 10.8. The van der Waals surface area contributed by atoms with E-state index in [9.17, 15) is 0 Å². The van der Waals surface area contributed by atoms with Gasteiger partial charge < -0.3 is 21.7 Å². The molecular weight excluding hydrogens is 460 g/mol. The van der Waals surface area contributed by atoms with Gasteiger partial charge in [0.1, 0.15) is 10.0 Å². The molecule has 34 heavy (non-hydrogen) atoms. The zero-order valence-corrected chi connectivity index (χ0v) is 20.6. The molecule has 0 bridgehead atoms. The Hall–Kier alpha value is -3.88. The SMILES string of the molecule is C/C(=N\NC(=S)Nc1ccc(C)cc1)c1c(Nc2ccccc2)sc(Nc2ccccc2)c1N. The Labute approximate surface area is 208 Å². The minimum atomic E-state index is 0.400. The van der Waals surface area contributed by atoms with E-state index in [1.807, 2.05) is 98.8 Å². The Morgan fingerprint density at radius 3 is 1.94 bits per heavy atom. The van der Waals surface area contributed by atoms with E-state index in [1.54, 1.807) is 0 Å². The number of nitrogens with two attached hydrogens (primary N) is 1. The molecule has 3 aromatic carbocycles. The first-order valence-electron chi connectivity index (χ1n) is 10.7. The van der Waals surface area contributed by atoms with Crippen molar-refractivity contribution < 1.29 is 0 Å². The number of nitrogens with one attached hydrogen (secondary N) is 4. The quantitative estimate of drug-likeness (QED) is 0.112. The van der Waals surface area contributed by atoms with Crippen molar-refractivity contribution >= 4 is 67.1 Å². The third-order valence-corrected chi connectivity index (χ3v) is 6.23. The van der Waals surface area contributed by atoms with Crippen molar-refractivity contribution in [2.45, 2.75) is 13.8 Å². The lowest BCUT2D eigenvalue weighted by atomic mass is 10.1. The second-order valence-electron chi connectivity index (χ2n) is 7.66. The van der Waals surface area contributed by atoms with Gasteiger partial charge >= 0.3 is 0 Å². The Kier molecular flexibility index (Phi) is 7.41. The standard InChI is InChI=1S/C26H26N6S2/c1-17-13-15-21(16-14-17)30-26(33)32-31-18(2)22-23(27)25(29-20-11-7-4-8-12-20)34-24(22)28-19-9-5-3-6-10-19/h3-16,28-29H,27H2,1-2H3,(H2,30,32,33)/b31-18+. The smallest absolute Gasteiger partial charge is 0.191 e. The number of aryl methyl sites for hydroxylation is 1. The molecule has 0 saturated heterocycles. The van der Waals surface area contributed by atoms with Gasteiger partial charge in [-0.2, -0.15) is 5.10 Å². The second-order valence-corrected chi connectivity index (χ2v) is 9.09. The molecule has 0 spiro atoms. The first-order chi connectivity index (χ1) is 16.5. The zero-order chi connectivity index (χ0) is 23.9. The molecule has 172 valence electrons. The van der Waals surface area contributed by atoms with Crippen LogP contribution in [0.1, 0.15) is 18.1 Å². The molecule has 0 amide bonds. The number of thiophene rings is 1. The fourth-order valence-electron chi connectivity index (χ4n) is 3.28. The van der Waals surface area contributed by atoms with Crippen molar-refractivity contribution in [1.29, 1.82) is 0 Å². The van der Waals surface area contributed by atoms with Gasteiger partial charge in [0.25, 0.3) is 0 Å². The molecule has 0 atom stereocenters. The van der Waals surface area contributed by atoms with Gasteiger partial charge in [-0.05, 0) is 62.5 Å². The Morgan fingerprint density at radius 2 is 1.35 bits per heavy atom. The summed E-state index contributed by atoms with van der Waals surface area (Å²) in [6, 6.07) is 27.9. The monoisotopic (exact) mass is 486 g/mol. The summed E-state index contributed by atoms with van der Waals surface area (Å²) in [5, 5.41) is 16.7. The van der Waals surface area contributed by atoms with E-state index in [4.69, 9.17) is 18.0 Å². The van der Waals surface area contributed by atoms with Crippen LogP contribution >= 0.6 is 23.6 Å². The minimum absolute atomic E-state index is 0.400.